The maximum atomic E-state index is 11.9. The van der Waals surface area contributed by atoms with Crippen molar-refractivity contribution < 1.29 is 18.3 Å². The molecule has 1 N–H and O–H groups in total. The quantitative estimate of drug-likeness (QED) is 0.655. The Hall–Kier alpha value is -0.290. The SMILES string of the molecule is C[C@H]1[C@H](O)CCN1CC(F)(F)F. The lowest BCUT2D eigenvalue weighted by molar-refractivity contribution is -0.148. The third-order valence-corrected chi connectivity index (χ3v) is 2.23. The Morgan fingerprint density at radius 3 is 2.42 bits per heavy atom. The Balaban J connectivity index is 2.44. The molecule has 2 atom stereocenters. The van der Waals surface area contributed by atoms with Gasteiger partial charge in [-0.1, -0.05) is 0 Å². The number of aliphatic hydroxyl groups excluding tert-OH is 1. The van der Waals surface area contributed by atoms with Crippen LogP contribution in [0, 0.1) is 0 Å². The topological polar surface area (TPSA) is 23.5 Å². The number of alkyl halides is 3. The molecular weight excluding hydrogens is 171 g/mol. The lowest BCUT2D eigenvalue weighted by Crippen LogP contribution is -2.39. The summed E-state index contributed by atoms with van der Waals surface area (Å²) in [7, 11) is 0. The van der Waals surface area contributed by atoms with Crippen LogP contribution >= 0.6 is 0 Å². The summed E-state index contributed by atoms with van der Waals surface area (Å²) in [5.41, 5.74) is 0. The van der Waals surface area contributed by atoms with Crippen LogP contribution in [0.2, 0.25) is 0 Å². The number of halogens is 3. The van der Waals surface area contributed by atoms with E-state index in [0.717, 1.165) is 0 Å². The molecule has 1 heterocycles. The van der Waals surface area contributed by atoms with Crippen molar-refractivity contribution >= 4 is 0 Å². The average molecular weight is 183 g/mol. The minimum atomic E-state index is -4.15. The zero-order valence-corrected chi connectivity index (χ0v) is 6.80. The van der Waals surface area contributed by atoms with Crippen molar-refractivity contribution in [2.24, 2.45) is 0 Å². The normalized spacial score (nSPS) is 32.8. The van der Waals surface area contributed by atoms with Crippen molar-refractivity contribution in [3.63, 3.8) is 0 Å². The monoisotopic (exact) mass is 183 g/mol. The minimum Gasteiger partial charge on any atom is -0.391 e. The first-order chi connectivity index (χ1) is 5.40. The van der Waals surface area contributed by atoms with Crippen LogP contribution in [0.3, 0.4) is 0 Å². The number of nitrogens with zero attached hydrogens (tertiary/aromatic N) is 1. The molecule has 0 aromatic rings. The van der Waals surface area contributed by atoms with Gasteiger partial charge in [-0.15, -0.1) is 0 Å². The largest absolute Gasteiger partial charge is 0.401 e. The van der Waals surface area contributed by atoms with E-state index in [-0.39, 0.29) is 6.04 Å². The predicted molar refractivity (Wildman–Crippen MR) is 37.7 cm³/mol. The first-order valence-electron chi connectivity index (χ1n) is 3.89. The van der Waals surface area contributed by atoms with Crippen molar-refractivity contribution in [1.29, 1.82) is 0 Å². The molecule has 2 nitrogen and oxygen atoms in total. The molecule has 0 saturated carbocycles. The number of hydrogen-bond donors (Lipinski definition) is 1. The van der Waals surface area contributed by atoms with Gasteiger partial charge in [0.2, 0.25) is 0 Å². The lowest BCUT2D eigenvalue weighted by atomic mass is 10.2. The fraction of sp³-hybridized carbons (Fsp3) is 1.00. The molecule has 0 unspecified atom stereocenters. The molecule has 1 fully saturated rings. The molecule has 1 saturated heterocycles. The second kappa shape index (κ2) is 3.22. The van der Waals surface area contributed by atoms with Crippen LogP contribution in [0.4, 0.5) is 13.2 Å². The van der Waals surface area contributed by atoms with Gasteiger partial charge in [0, 0.05) is 12.6 Å². The molecule has 0 radical (unpaired) electrons. The zero-order chi connectivity index (χ0) is 9.35. The van der Waals surface area contributed by atoms with Gasteiger partial charge in [-0.3, -0.25) is 4.90 Å². The van der Waals surface area contributed by atoms with E-state index >= 15 is 0 Å². The molecule has 1 aliphatic rings. The number of hydrogen-bond acceptors (Lipinski definition) is 2. The first-order valence-corrected chi connectivity index (χ1v) is 3.89. The first kappa shape index (κ1) is 9.80. The van der Waals surface area contributed by atoms with Crippen LogP contribution in [0.1, 0.15) is 13.3 Å². The summed E-state index contributed by atoms with van der Waals surface area (Å²) in [6, 6.07) is -0.369. The fourth-order valence-electron chi connectivity index (χ4n) is 1.44. The minimum absolute atomic E-state index is 0.335. The van der Waals surface area contributed by atoms with Crippen LogP contribution in [0.5, 0.6) is 0 Å². The molecule has 0 aromatic heterocycles. The molecule has 0 aliphatic carbocycles. The average Bonchev–Trinajstić information content (AvgIpc) is 2.16. The fourth-order valence-corrected chi connectivity index (χ4v) is 1.44. The van der Waals surface area contributed by atoms with E-state index in [1.54, 1.807) is 6.92 Å². The maximum absolute atomic E-state index is 11.9. The van der Waals surface area contributed by atoms with Crippen LogP contribution in [-0.4, -0.2) is 41.4 Å². The molecule has 0 spiro atoms. The van der Waals surface area contributed by atoms with Crippen LogP contribution in [-0.2, 0) is 0 Å². The summed E-state index contributed by atoms with van der Waals surface area (Å²) in [6.07, 6.45) is -4.32. The van der Waals surface area contributed by atoms with E-state index in [9.17, 15) is 13.2 Å². The molecule has 0 bridgehead atoms. The third-order valence-electron chi connectivity index (χ3n) is 2.23. The second-order valence-corrected chi connectivity index (χ2v) is 3.18. The van der Waals surface area contributed by atoms with Gasteiger partial charge in [-0.05, 0) is 13.3 Å². The summed E-state index contributed by atoms with van der Waals surface area (Å²) in [5, 5.41) is 9.16. The molecule has 1 aliphatic heterocycles. The summed E-state index contributed by atoms with van der Waals surface area (Å²) in [4.78, 5) is 1.25. The highest BCUT2D eigenvalue weighted by atomic mass is 19.4. The Kier molecular flexibility index (Phi) is 2.63. The van der Waals surface area contributed by atoms with Crippen LogP contribution < -0.4 is 0 Å². The summed E-state index contributed by atoms with van der Waals surface area (Å²) >= 11 is 0. The van der Waals surface area contributed by atoms with E-state index < -0.39 is 18.8 Å². The Morgan fingerprint density at radius 2 is 2.08 bits per heavy atom. The van der Waals surface area contributed by atoms with Gasteiger partial charge in [0.15, 0.2) is 0 Å². The second-order valence-electron chi connectivity index (χ2n) is 3.18. The number of rotatable bonds is 1. The molecular formula is C7H12F3NO. The van der Waals surface area contributed by atoms with E-state index in [1.165, 1.54) is 4.90 Å². The highest BCUT2D eigenvalue weighted by Crippen LogP contribution is 2.23. The molecule has 0 aromatic carbocycles. The van der Waals surface area contributed by atoms with E-state index in [0.29, 0.717) is 13.0 Å². The van der Waals surface area contributed by atoms with Crippen molar-refractivity contribution in [2.75, 3.05) is 13.1 Å². The number of likely N-dealkylation sites (tertiary alicyclic amines) is 1. The molecule has 12 heavy (non-hydrogen) atoms. The van der Waals surface area contributed by atoms with Gasteiger partial charge < -0.3 is 5.11 Å². The zero-order valence-electron chi connectivity index (χ0n) is 6.80. The van der Waals surface area contributed by atoms with Crippen molar-refractivity contribution in [3.8, 4) is 0 Å². The highest BCUT2D eigenvalue weighted by Gasteiger charge is 2.37. The summed E-state index contributed by atoms with van der Waals surface area (Å²) < 4.78 is 35.7. The van der Waals surface area contributed by atoms with E-state index in [4.69, 9.17) is 5.11 Å². The molecule has 5 heteroatoms. The van der Waals surface area contributed by atoms with Crippen molar-refractivity contribution in [3.05, 3.63) is 0 Å². The summed E-state index contributed by atoms with van der Waals surface area (Å²) in [5.74, 6) is 0. The van der Waals surface area contributed by atoms with Gasteiger partial charge in [0.1, 0.15) is 0 Å². The van der Waals surface area contributed by atoms with Gasteiger partial charge in [0.05, 0.1) is 12.6 Å². The lowest BCUT2D eigenvalue weighted by Gasteiger charge is -2.23. The molecule has 72 valence electrons. The van der Waals surface area contributed by atoms with Crippen LogP contribution in [0.25, 0.3) is 0 Å². The van der Waals surface area contributed by atoms with E-state index in [2.05, 4.69) is 0 Å². The highest BCUT2D eigenvalue weighted by molar-refractivity contribution is 4.84. The maximum Gasteiger partial charge on any atom is 0.401 e. The standard InChI is InChI=1S/C7H12F3NO/c1-5-6(12)2-3-11(5)4-7(8,9)10/h5-6,12H,2-4H2,1H3/t5-,6+/m0/s1. The summed E-state index contributed by atoms with van der Waals surface area (Å²) in [6.45, 7) is 1.04. The Bertz CT molecular complexity index is 159. The number of aliphatic hydroxyl groups is 1. The Morgan fingerprint density at radius 1 is 1.50 bits per heavy atom. The van der Waals surface area contributed by atoms with Gasteiger partial charge in [0.25, 0.3) is 0 Å². The van der Waals surface area contributed by atoms with Gasteiger partial charge in [-0.25, -0.2) is 0 Å². The van der Waals surface area contributed by atoms with Crippen molar-refractivity contribution in [1.82, 2.24) is 4.90 Å². The smallest absolute Gasteiger partial charge is 0.391 e. The molecule has 0 amide bonds. The van der Waals surface area contributed by atoms with Crippen molar-refractivity contribution in [2.45, 2.75) is 31.7 Å². The van der Waals surface area contributed by atoms with E-state index in [1.807, 2.05) is 0 Å². The third kappa shape index (κ3) is 2.35. The predicted octanol–water partition coefficient (Wildman–Crippen LogP) is 1.00. The van der Waals surface area contributed by atoms with Crippen LogP contribution in [0.15, 0.2) is 0 Å². The van der Waals surface area contributed by atoms with Gasteiger partial charge >= 0.3 is 6.18 Å². The van der Waals surface area contributed by atoms with Gasteiger partial charge in [-0.2, -0.15) is 13.2 Å². The molecule has 1 rings (SSSR count). The Labute approximate surface area is 69.0 Å².